The summed E-state index contributed by atoms with van der Waals surface area (Å²) in [6.45, 7) is 9.10. The van der Waals surface area contributed by atoms with E-state index < -0.39 is 6.10 Å². The maximum atomic E-state index is 12.5. The Labute approximate surface area is 178 Å². The third-order valence-corrected chi connectivity index (χ3v) is 5.44. The molecule has 0 spiro atoms. The minimum atomic E-state index is -0.620. The van der Waals surface area contributed by atoms with Crippen LogP contribution in [0.2, 0.25) is 0 Å². The summed E-state index contributed by atoms with van der Waals surface area (Å²) in [7, 11) is 0. The number of ether oxygens (including phenoxy) is 1. The lowest BCUT2D eigenvalue weighted by Gasteiger charge is -2.30. The number of aliphatic imine (C=N–C) groups is 1. The first-order valence-electron chi connectivity index (χ1n) is 10.5. The lowest BCUT2D eigenvalue weighted by molar-refractivity contribution is -0.118. The molecule has 1 fully saturated rings. The number of amides is 1. The highest BCUT2D eigenvalue weighted by molar-refractivity contribution is 5.93. The van der Waals surface area contributed by atoms with E-state index in [1.807, 2.05) is 6.07 Å². The molecule has 162 valence electrons. The summed E-state index contributed by atoms with van der Waals surface area (Å²) >= 11 is 0. The Morgan fingerprint density at radius 2 is 2.23 bits per heavy atom. The van der Waals surface area contributed by atoms with E-state index in [2.05, 4.69) is 45.4 Å². The largest absolute Gasteiger partial charge is 0.390 e. The molecule has 0 radical (unpaired) electrons. The topological polar surface area (TPSA) is 86.2 Å². The average molecular weight is 413 g/mol. The number of aliphatic hydroxyl groups excluding tert-OH is 1. The Hall–Kier alpha value is -2.48. The minimum absolute atomic E-state index is 0.210. The van der Waals surface area contributed by atoms with Gasteiger partial charge in [0.1, 0.15) is 0 Å². The Morgan fingerprint density at radius 1 is 1.43 bits per heavy atom. The van der Waals surface area contributed by atoms with Crippen molar-refractivity contribution in [2.45, 2.75) is 38.5 Å². The van der Waals surface area contributed by atoms with Crippen molar-refractivity contribution in [1.82, 2.24) is 15.5 Å². The molecular formula is C23H32N4O3. The van der Waals surface area contributed by atoms with Gasteiger partial charge in [-0.15, -0.1) is 0 Å². The van der Waals surface area contributed by atoms with Gasteiger partial charge >= 0.3 is 0 Å². The number of carbonyl (C=O) groups is 1. The van der Waals surface area contributed by atoms with Crippen LogP contribution in [0.15, 0.2) is 52.8 Å². The summed E-state index contributed by atoms with van der Waals surface area (Å²) in [6.07, 6.45) is 4.63. The maximum Gasteiger partial charge on any atom is 0.247 e. The van der Waals surface area contributed by atoms with Crippen molar-refractivity contribution in [3.63, 3.8) is 0 Å². The van der Waals surface area contributed by atoms with Gasteiger partial charge in [0.05, 0.1) is 24.4 Å². The summed E-state index contributed by atoms with van der Waals surface area (Å²) in [5.74, 6) is -0.211. The molecule has 2 aliphatic heterocycles. The average Bonchev–Trinajstić information content (AvgIpc) is 3.25. The number of aliphatic hydroxyl groups is 1. The number of hydrogen-bond donors (Lipinski definition) is 3. The SMILES string of the molecule is C=N/C=C(\C=C(/C)C(=O)NC[C@H](O)CN1CCc2ccccc2C1)NC1CCOC1. The fourth-order valence-electron chi connectivity index (χ4n) is 3.82. The first-order chi connectivity index (χ1) is 14.5. The molecule has 0 aromatic heterocycles. The standard InChI is InChI=1S/C23H32N4O3/c1-17(11-21(12-24-2)26-20-8-10-30-16-20)23(29)25-13-22(28)15-27-9-7-18-5-3-4-6-19(18)14-27/h3-6,11-12,20,22,26,28H,2,7-10,13-16H2,1H3,(H,25,29)/b17-11+,21-12+/t20?,22-/m0/s1. The third-order valence-electron chi connectivity index (χ3n) is 5.44. The lowest BCUT2D eigenvalue weighted by Crippen LogP contribution is -2.42. The number of β-amino-alcohol motifs (C(OH)–C–C–N with tert-alkyl or cyclic N) is 1. The van der Waals surface area contributed by atoms with Gasteiger partial charge in [-0.05, 0) is 43.7 Å². The molecule has 7 heteroatoms. The lowest BCUT2D eigenvalue weighted by atomic mass is 10.00. The molecule has 1 saturated heterocycles. The molecule has 0 bridgehead atoms. The molecule has 1 aromatic carbocycles. The van der Waals surface area contributed by atoms with Gasteiger partial charge in [-0.3, -0.25) is 14.7 Å². The molecule has 0 aliphatic carbocycles. The van der Waals surface area contributed by atoms with Gasteiger partial charge in [0.2, 0.25) is 5.91 Å². The zero-order chi connectivity index (χ0) is 21.3. The second-order valence-electron chi connectivity index (χ2n) is 7.92. The number of carbonyl (C=O) groups excluding carboxylic acids is 1. The van der Waals surface area contributed by atoms with Crippen molar-refractivity contribution in [2.24, 2.45) is 4.99 Å². The molecule has 30 heavy (non-hydrogen) atoms. The zero-order valence-corrected chi connectivity index (χ0v) is 17.6. The molecule has 1 amide bonds. The molecule has 3 rings (SSSR count). The van der Waals surface area contributed by atoms with Crippen LogP contribution in [0.5, 0.6) is 0 Å². The Bertz CT molecular complexity index is 799. The van der Waals surface area contributed by atoms with Crippen LogP contribution < -0.4 is 10.6 Å². The van der Waals surface area contributed by atoms with Crippen molar-refractivity contribution >= 4 is 12.6 Å². The third kappa shape index (κ3) is 6.52. The van der Waals surface area contributed by atoms with E-state index in [0.29, 0.717) is 18.7 Å². The van der Waals surface area contributed by atoms with Crippen LogP contribution in [0, 0.1) is 0 Å². The van der Waals surface area contributed by atoms with E-state index in [9.17, 15) is 9.90 Å². The molecule has 2 heterocycles. The van der Waals surface area contributed by atoms with Crippen molar-refractivity contribution in [3.8, 4) is 0 Å². The Morgan fingerprint density at radius 3 is 2.97 bits per heavy atom. The van der Waals surface area contributed by atoms with Crippen LogP contribution in [0.4, 0.5) is 0 Å². The Kier molecular flexibility index (Phi) is 8.19. The Balaban J connectivity index is 1.46. The van der Waals surface area contributed by atoms with E-state index in [4.69, 9.17) is 4.74 Å². The summed E-state index contributed by atoms with van der Waals surface area (Å²) < 4.78 is 5.37. The van der Waals surface area contributed by atoms with Gasteiger partial charge in [-0.2, -0.15) is 0 Å². The monoisotopic (exact) mass is 412 g/mol. The molecule has 1 unspecified atom stereocenters. The number of allylic oxidation sites excluding steroid dienone is 1. The summed E-state index contributed by atoms with van der Waals surface area (Å²) in [5, 5.41) is 16.5. The number of fused-ring (bicyclic) bond motifs is 1. The second-order valence-corrected chi connectivity index (χ2v) is 7.92. The van der Waals surface area contributed by atoms with Gasteiger partial charge in [0.25, 0.3) is 0 Å². The molecule has 2 atom stereocenters. The van der Waals surface area contributed by atoms with Gasteiger partial charge in [0, 0.05) is 44.6 Å². The zero-order valence-electron chi connectivity index (χ0n) is 17.6. The normalized spacial score (nSPS) is 21.1. The second kappa shape index (κ2) is 11.1. The van der Waals surface area contributed by atoms with Crippen LogP contribution in [-0.4, -0.2) is 67.6 Å². The van der Waals surface area contributed by atoms with E-state index in [1.165, 1.54) is 11.1 Å². The summed E-state index contributed by atoms with van der Waals surface area (Å²) in [5.41, 5.74) is 3.96. The molecule has 0 saturated carbocycles. The van der Waals surface area contributed by atoms with Crippen molar-refractivity contribution in [2.75, 3.05) is 32.8 Å². The van der Waals surface area contributed by atoms with E-state index >= 15 is 0 Å². The molecule has 2 aliphatic rings. The first-order valence-corrected chi connectivity index (χ1v) is 10.5. The molecular weight excluding hydrogens is 380 g/mol. The molecule has 3 N–H and O–H groups in total. The fraction of sp³-hybridized carbons (Fsp3) is 0.478. The van der Waals surface area contributed by atoms with Crippen molar-refractivity contribution in [1.29, 1.82) is 0 Å². The highest BCUT2D eigenvalue weighted by Crippen LogP contribution is 2.18. The van der Waals surface area contributed by atoms with Gasteiger partial charge < -0.3 is 20.5 Å². The summed E-state index contributed by atoms with van der Waals surface area (Å²) in [4.78, 5) is 18.5. The highest BCUT2D eigenvalue weighted by atomic mass is 16.5. The smallest absolute Gasteiger partial charge is 0.247 e. The molecule has 1 aromatic rings. The van der Waals surface area contributed by atoms with Gasteiger partial charge in [0.15, 0.2) is 0 Å². The predicted octanol–water partition coefficient (Wildman–Crippen LogP) is 1.39. The van der Waals surface area contributed by atoms with Crippen molar-refractivity contribution in [3.05, 3.63) is 58.9 Å². The number of nitrogens with zero attached hydrogens (tertiary/aromatic N) is 2. The van der Waals surface area contributed by atoms with Crippen LogP contribution >= 0.6 is 0 Å². The van der Waals surface area contributed by atoms with Gasteiger partial charge in [-0.25, -0.2) is 0 Å². The molecule has 7 nitrogen and oxygen atoms in total. The number of hydrogen-bond acceptors (Lipinski definition) is 6. The van der Waals surface area contributed by atoms with Crippen LogP contribution in [-0.2, 0) is 22.5 Å². The van der Waals surface area contributed by atoms with Crippen LogP contribution in [0.3, 0.4) is 0 Å². The summed E-state index contributed by atoms with van der Waals surface area (Å²) in [6, 6.07) is 8.63. The maximum absolute atomic E-state index is 12.5. The van der Waals surface area contributed by atoms with Crippen LogP contribution in [0.25, 0.3) is 0 Å². The van der Waals surface area contributed by atoms with Crippen LogP contribution in [0.1, 0.15) is 24.5 Å². The van der Waals surface area contributed by atoms with E-state index in [1.54, 1.807) is 19.2 Å². The number of benzene rings is 1. The number of nitrogens with one attached hydrogen (secondary N) is 2. The van der Waals surface area contributed by atoms with Crippen molar-refractivity contribution < 1.29 is 14.6 Å². The predicted molar refractivity (Wildman–Crippen MR) is 118 cm³/mol. The fourth-order valence-corrected chi connectivity index (χ4v) is 3.82. The van der Waals surface area contributed by atoms with E-state index in [-0.39, 0.29) is 18.5 Å². The van der Waals surface area contributed by atoms with E-state index in [0.717, 1.165) is 38.2 Å². The minimum Gasteiger partial charge on any atom is -0.390 e. The quantitative estimate of drug-likeness (QED) is 0.324. The number of rotatable bonds is 9. The van der Waals surface area contributed by atoms with Gasteiger partial charge in [-0.1, -0.05) is 24.3 Å². The first kappa shape index (κ1) is 22.2. The highest BCUT2D eigenvalue weighted by Gasteiger charge is 2.19.